The Balaban J connectivity index is 1.43. The maximum Gasteiger partial charge on any atom is 0.256 e. The Bertz CT molecular complexity index is 1390. The first-order chi connectivity index (χ1) is 17.1. The van der Waals surface area contributed by atoms with Gasteiger partial charge < -0.3 is 10.2 Å². The Morgan fingerprint density at radius 2 is 1.91 bits per heavy atom. The number of anilines is 1. The van der Waals surface area contributed by atoms with Crippen molar-refractivity contribution in [3.05, 3.63) is 97.1 Å². The highest BCUT2D eigenvalue weighted by atomic mass is 16.2. The van der Waals surface area contributed by atoms with Crippen LogP contribution in [-0.2, 0) is 4.79 Å². The molecular weight excluding hydrogens is 438 g/mol. The van der Waals surface area contributed by atoms with Gasteiger partial charge in [-0.2, -0.15) is 0 Å². The third-order valence-corrected chi connectivity index (χ3v) is 6.42. The molecule has 5 rings (SSSR count). The Labute approximate surface area is 203 Å². The molecule has 7 heteroatoms. The van der Waals surface area contributed by atoms with E-state index in [0.29, 0.717) is 17.9 Å². The molecular formula is C28H25N5O2. The van der Waals surface area contributed by atoms with Gasteiger partial charge in [-0.3, -0.25) is 9.59 Å². The van der Waals surface area contributed by atoms with Crippen molar-refractivity contribution in [2.45, 2.75) is 18.8 Å². The quantitative estimate of drug-likeness (QED) is 0.428. The van der Waals surface area contributed by atoms with Gasteiger partial charge in [-0.15, -0.1) is 0 Å². The zero-order valence-electron chi connectivity index (χ0n) is 19.2. The molecule has 2 amide bonds. The Morgan fingerprint density at radius 3 is 2.69 bits per heavy atom. The molecule has 1 aliphatic rings. The number of aromatic nitrogens is 3. The van der Waals surface area contributed by atoms with Crippen LogP contribution in [0.15, 0.2) is 86.0 Å². The highest BCUT2D eigenvalue weighted by Gasteiger charge is 2.25. The van der Waals surface area contributed by atoms with E-state index in [2.05, 4.69) is 39.0 Å². The van der Waals surface area contributed by atoms with Gasteiger partial charge in [-0.25, -0.2) is 15.0 Å². The van der Waals surface area contributed by atoms with Crippen LogP contribution in [0.25, 0.3) is 22.0 Å². The fraction of sp³-hybridized carbons (Fsp3) is 0.179. The van der Waals surface area contributed by atoms with Crippen LogP contribution in [0.1, 0.15) is 34.7 Å². The normalized spacial score (nSPS) is 15.5. The van der Waals surface area contributed by atoms with E-state index >= 15 is 0 Å². The van der Waals surface area contributed by atoms with Crippen LogP contribution in [0.2, 0.25) is 0 Å². The van der Waals surface area contributed by atoms with Crippen molar-refractivity contribution in [1.29, 1.82) is 0 Å². The lowest BCUT2D eigenvalue weighted by atomic mass is 9.87. The standard InChI is InChI=1S/C28H25N5O2/c1-2-26(34)33-15-5-6-21(17-33)23-13-12-22(24-16-29-18-31-27(23)24)19-8-10-20(11-9-19)28(35)32-25-7-3-4-14-30-25/h2-4,7-14,16,18,21H,1,5-6,15,17H2,(H,30,32,35). The van der Waals surface area contributed by atoms with Crippen LogP contribution in [0.5, 0.6) is 0 Å². The Hall–Kier alpha value is -4.39. The molecule has 4 aromatic rings. The number of likely N-dealkylation sites (tertiary alicyclic amines) is 1. The first-order valence-corrected chi connectivity index (χ1v) is 11.6. The van der Waals surface area contributed by atoms with Gasteiger partial charge in [0.15, 0.2) is 0 Å². The molecule has 1 fully saturated rings. The Kier molecular flexibility index (Phi) is 6.30. The van der Waals surface area contributed by atoms with Gasteiger partial charge in [0.2, 0.25) is 5.91 Å². The van der Waals surface area contributed by atoms with Crippen LogP contribution < -0.4 is 5.32 Å². The second kappa shape index (κ2) is 9.85. The summed E-state index contributed by atoms with van der Waals surface area (Å²) in [5, 5.41) is 3.75. The molecule has 1 aliphatic heterocycles. The number of hydrogen-bond acceptors (Lipinski definition) is 5. The fourth-order valence-corrected chi connectivity index (χ4v) is 4.67. The van der Waals surface area contributed by atoms with Crippen molar-refractivity contribution in [2.24, 2.45) is 0 Å². The number of benzene rings is 2. The van der Waals surface area contributed by atoms with E-state index in [1.54, 1.807) is 36.8 Å². The molecule has 0 bridgehead atoms. The minimum atomic E-state index is -0.213. The maximum atomic E-state index is 12.6. The van der Waals surface area contributed by atoms with E-state index in [0.717, 1.165) is 47.0 Å². The number of rotatable bonds is 5. The smallest absolute Gasteiger partial charge is 0.256 e. The van der Waals surface area contributed by atoms with E-state index in [9.17, 15) is 9.59 Å². The molecule has 1 saturated heterocycles. The lowest BCUT2D eigenvalue weighted by molar-refractivity contribution is -0.127. The van der Waals surface area contributed by atoms with E-state index in [1.807, 2.05) is 29.3 Å². The molecule has 35 heavy (non-hydrogen) atoms. The predicted octanol–water partition coefficient (Wildman–Crippen LogP) is 4.84. The summed E-state index contributed by atoms with van der Waals surface area (Å²) >= 11 is 0. The van der Waals surface area contributed by atoms with E-state index in [4.69, 9.17) is 0 Å². The largest absolute Gasteiger partial charge is 0.339 e. The highest BCUT2D eigenvalue weighted by Crippen LogP contribution is 2.35. The summed E-state index contributed by atoms with van der Waals surface area (Å²) < 4.78 is 0. The number of carbonyl (C=O) groups excluding carboxylic acids is 2. The lowest BCUT2D eigenvalue weighted by Gasteiger charge is -2.32. The molecule has 0 aliphatic carbocycles. The molecule has 1 unspecified atom stereocenters. The third kappa shape index (κ3) is 4.66. The number of nitrogens with one attached hydrogen (secondary N) is 1. The van der Waals surface area contributed by atoms with Gasteiger partial charge in [-0.1, -0.05) is 36.9 Å². The molecule has 3 heterocycles. The SMILES string of the molecule is C=CC(=O)N1CCCC(c2ccc(-c3ccc(C(=O)Nc4ccccn4)cc3)c3cncnc23)C1. The summed E-state index contributed by atoms with van der Waals surface area (Å²) in [5.74, 6) is 0.472. The number of pyridine rings is 1. The fourth-order valence-electron chi connectivity index (χ4n) is 4.67. The second-order valence-electron chi connectivity index (χ2n) is 8.56. The number of carbonyl (C=O) groups is 2. The molecule has 0 saturated carbocycles. The van der Waals surface area contributed by atoms with Gasteiger partial charge >= 0.3 is 0 Å². The zero-order chi connectivity index (χ0) is 24.2. The molecule has 1 N–H and O–H groups in total. The maximum absolute atomic E-state index is 12.6. The summed E-state index contributed by atoms with van der Waals surface area (Å²) in [6, 6.07) is 17.0. The van der Waals surface area contributed by atoms with Gasteiger partial charge in [0, 0.05) is 42.4 Å². The number of piperidine rings is 1. The lowest BCUT2D eigenvalue weighted by Crippen LogP contribution is -2.38. The van der Waals surface area contributed by atoms with E-state index < -0.39 is 0 Å². The third-order valence-electron chi connectivity index (χ3n) is 6.42. The number of hydrogen-bond donors (Lipinski definition) is 1. The topological polar surface area (TPSA) is 88.1 Å². The summed E-state index contributed by atoms with van der Waals surface area (Å²) in [7, 11) is 0. The molecule has 0 spiro atoms. The van der Waals surface area contributed by atoms with Crippen LogP contribution in [0, 0.1) is 0 Å². The number of nitrogens with zero attached hydrogens (tertiary/aromatic N) is 4. The van der Waals surface area contributed by atoms with Crippen molar-refractivity contribution in [3.8, 4) is 11.1 Å². The minimum absolute atomic E-state index is 0.0302. The summed E-state index contributed by atoms with van der Waals surface area (Å²) in [5.41, 5.74) is 4.53. The van der Waals surface area contributed by atoms with E-state index in [-0.39, 0.29) is 17.7 Å². The zero-order valence-corrected chi connectivity index (χ0v) is 19.2. The van der Waals surface area contributed by atoms with Gasteiger partial charge in [-0.05, 0) is 59.9 Å². The average molecular weight is 464 g/mol. The highest BCUT2D eigenvalue weighted by molar-refractivity contribution is 6.04. The second-order valence-corrected chi connectivity index (χ2v) is 8.56. The molecule has 0 radical (unpaired) electrons. The van der Waals surface area contributed by atoms with E-state index in [1.165, 1.54) is 6.08 Å². The van der Waals surface area contributed by atoms with Crippen LogP contribution in [0.4, 0.5) is 5.82 Å². The van der Waals surface area contributed by atoms with Crippen molar-refractivity contribution in [2.75, 3.05) is 18.4 Å². The average Bonchev–Trinajstić information content (AvgIpc) is 2.92. The van der Waals surface area contributed by atoms with Crippen LogP contribution in [0.3, 0.4) is 0 Å². The molecule has 1 atom stereocenters. The molecule has 2 aromatic heterocycles. The molecule has 174 valence electrons. The predicted molar refractivity (Wildman–Crippen MR) is 136 cm³/mol. The summed E-state index contributed by atoms with van der Waals surface area (Å²) in [6.07, 6.45) is 8.36. The first-order valence-electron chi connectivity index (χ1n) is 11.6. The van der Waals surface area contributed by atoms with Crippen molar-refractivity contribution in [3.63, 3.8) is 0 Å². The van der Waals surface area contributed by atoms with Crippen molar-refractivity contribution < 1.29 is 9.59 Å². The monoisotopic (exact) mass is 463 g/mol. The van der Waals surface area contributed by atoms with Crippen LogP contribution in [-0.4, -0.2) is 44.8 Å². The number of fused-ring (bicyclic) bond motifs is 1. The van der Waals surface area contributed by atoms with Crippen LogP contribution >= 0.6 is 0 Å². The Morgan fingerprint density at radius 1 is 1.06 bits per heavy atom. The van der Waals surface area contributed by atoms with Crippen molar-refractivity contribution in [1.82, 2.24) is 19.9 Å². The minimum Gasteiger partial charge on any atom is -0.339 e. The van der Waals surface area contributed by atoms with Crippen molar-refractivity contribution >= 4 is 28.5 Å². The van der Waals surface area contributed by atoms with Gasteiger partial charge in [0.05, 0.1) is 5.52 Å². The van der Waals surface area contributed by atoms with Gasteiger partial charge in [0.25, 0.3) is 5.91 Å². The number of amides is 2. The summed E-state index contributed by atoms with van der Waals surface area (Å²) in [6.45, 7) is 5.04. The molecule has 7 nitrogen and oxygen atoms in total. The first kappa shape index (κ1) is 22.4. The summed E-state index contributed by atoms with van der Waals surface area (Å²) in [4.78, 5) is 39.6. The molecule has 2 aromatic carbocycles. The van der Waals surface area contributed by atoms with Gasteiger partial charge in [0.1, 0.15) is 12.1 Å².